The van der Waals surface area contributed by atoms with Crippen LogP contribution in [0.5, 0.6) is 0 Å². The van der Waals surface area contributed by atoms with E-state index < -0.39 is 0 Å². The highest BCUT2D eigenvalue weighted by atomic mass is 16.2. The third kappa shape index (κ3) is 4.57. The van der Waals surface area contributed by atoms with Gasteiger partial charge in [-0.2, -0.15) is 5.10 Å². The summed E-state index contributed by atoms with van der Waals surface area (Å²) >= 11 is 0. The molecule has 0 aliphatic heterocycles. The average molecular weight is 348 g/mol. The van der Waals surface area contributed by atoms with Crippen molar-refractivity contribution in [3.05, 3.63) is 82.9 Å². The number of amides is 1. The van der Waals surface area contributed by atoms with Gasteiger partial charge < -0.3 is 4.90 Å². The molecule has 0 aliphatic carbocycles. The van der Waals surface area contributed by atoms with Crippen molar-refractivity contribution in [1.29, 1.82) is 0 Å². The van der Waals surface area contributed by atoms with E-state index in [1.165, 1.54) is 5.56 Å². The molecule has 3 aromatic rings. The Balaban J connectivity index is 1.81. The second kappa shape index (κ2) is 7.95. The Morgan fingerprint density at radius 2 is 1.88 bits per heavy atom. The summed E-state index contributed by atoms with van der Waals surface area (Å²) in [5.74, 6) is 0.0309. The molecule has 2 aromatic heterocycles. The Bertz CT molecular complexity index is 886. The predicted molar refractivity (Wildman–Crippen MR) is 101 cm³/mol. The second-order valence-electron chi connectivity index (χ2n) is 6.64. The van der Waals surface area contributed by atoms with Crippen molar-refractivity contribution in [2.24, 2.45) is 0 Å². The first-order valence-electron chi connectivity index (χ1n) is 8.75. The molecular formula is C21H24N4O. The summed E-state index contributed by atoms with van der Waals surface area (Å²) in [4.78, 5) is 19.2. The highest BCUT2D eigenvalue weighted by Gasteiger charge is 2.17. The summed E-state index contributed by atoms with van der Waals surface area (Å²) in [7, 11) is 0. The van der Waals surface area contributed by atoms with Crippen LogP contribution in [0.15, 0.2) is 54.7 Å². The van der Waals surface area contributed by atoms with E-state index in [1.807, 2.05) is 49.1 Å². The smallest absolute Gasteiger partial charge is 0.244 e. The number of carbonyl (C=O) groups is 1. The standard InChI is InChI=1S/C21H24N4O/c1-16-7-6-8-19(11-16)13-24(14-20-9-4-5-10-22-20)21(26)15-25-18(3)12-17(2)23-25/h4-12H,13-15H2,1-3H3. The fraction of sp³-hybridized carbons (Fsp3) is 0.286. The molecule has 0 N–H and O–H groups in total. The van der Waals surface area contributed by atoms with Gasteiger partial charge in [-0.25, -0.2) is 0 Å². The highest BCUT2D eigenvalue weighted by Crippen LogP contribution is 2.12. The monoisotopic (exact) mass is 348 g/mol. The average Bonchev–Trinajstić information content (AvgIpc) is 2.92. The van der Waals surface area contributed by atoms with Gasteiger partial charge in [-0.3, -0.25) is 14.5 Å². The van der Waals surface area contributed by atoms with Gasteiger partial charge in [0.25, 0.3) is 0 Å². The zero-order chi connectivity index (χ0) is 18.5. The quantitative estimate of drug-likeness (QED) is 0.686. The van der Waals surface area contributed by atoms with Gasteiger partial charge in [0.05, 0.1) is 17.9 Å². The summed E-state index contributed by atoms with van der Waals surface area (Å²) in [6, 6.07) is 16.0. The van der Waals surface area contributed by atoms with Crippen LogP contribution in [0.4, 0.5) is 0 Å². The lowest BCUT2D eigenvalue weighted by atomic mass is 10.1. The zero-order valence-corrected chi connectivity index (χ0v) is 15.5. The van der Waals surface area contributed by atoms with Crippen LogP contribution in [-0.2, 0) is 24.4 Å². The minimum atomic E-state index is 0.0309. The highest BCUT2D eigenvalue weighted by molar-refractivity contribution is 5.76. The predicted octanol–water partition coefficient (Wildman–Crippen LogP) is 3.43. The maximum Gasteiger partial charge on any atom is 0.244 e. The Labute approximate surface area is 154 Å². The number of pyridine rings is 1. The van der Waals surface area contributed by atoms with Crippen LogP contribution >= 0.6 is 0 Å². The molecule has 0 atom stereocenters. The lowest BCUT2D eigenvalue weighted by molar-refractivity contribution is -0.133. The largest absolute Gasteiger partial charge is 0.331 e. The first-order valence-corrected chi connectivity index (χ1v) is 8.75. The van der Waals surface area contributed by atoms with E-state index >= 15 is 0 Å². The molecule has 3 rings (SSSR count). The van der Waals surface area contributed by atoms with Gasteiger partial charge in [0.2, 0.25) is 5.91 Å². The van der Waals surface area contributed by atoms with Crippen molar-refractivity contribution in [3.63, 3.8) is 0 Å². The molecule has 1 amide bonds. The van der Waals surface area contributed by atoms with Gasteiger partial charge in [-0.1, -0.05) is 35.9 Å². The van der Waals surface area contributed by atoms with E-state index in [1.54, 1.807) is 10.9 Å². The van der Waals surface area contributed by atoms with Gasteiger partial charge in [0.1, 0.15) is 6.54 Å². The number of hydrogen-bond acceptors (Lipinski definition) is 3. The molecule has 5 nitrogen and oxygen atoms in total. The molecule has 0 saturated carbocycles. The van der Waals surface area contributed by atoms with Gasteiger partial charge >= 0.3 is 0 Å². The number of aromatic nitrogens is 3. The molecule has 0 bridgehead atoms. The van der Waals surface area contributed by atoms with E-state index in [-0.39, 0.29) is 12.5 Å². The molecule has 0 unspecified atom stereocenters. The van der Waals surface area contributed by atoms with Crippen molar-refractivity contribution >= 4 is 5.91 Å². The topological polar surface area (TPSA) is 51.0 Å². The van der Waals surface area contributed by atoms with Crippen molar-refractivity contribution in [3.8, 4) is 0 Å². The molecule has 0 saturated heterocycles. The summed E-state index contributed by atoms with van der Waals surface area (Å²) in [5, 5.41) is 4.41. The maximum absolute atomic E-state index is 13.0. The SMILES string of the molecule is Cc1cccc(CN(Cc2ccccn2)C(=O)Cn2nc(C)cc2C)c1. The number of nitrogens with zero attached hydrogens (tertiary/aromatic N) is 4. The normalized spacial score (nSPS) is 10.7. The molecule has 5 heteroatoms. The van der Waals surface area contributed by atoms with E-state index in [4.69, 9.17) is 0 Å². The fourth-order valence-corrected chi connectivity index (χ4v) is 3.01. The van der Waals surface area contributed by atoms with Crippen molar-refractivity contribution in [2.75, 3.05) is 0 Å². The lowest BCUT2D eigenvalue weighted by Crippen LogP contribution is -2.33. The lowest BCUT2D eigenvalue weighted by Gasteiger charge is -2.23. The van der Waals surface area contributed by atoms with Crippen LogP contribution in [0.1, 0.15) is 28.2 Å². The summed E-state index contributed by atoms with van der Waals surface area (Å²) in [6.07, 6.45) is 1.76. The van der Waals surface area contributed by atoms with E-state index in [0.717, 1.165) is 22.6 Å². The molecule has 26 heavy (non-hydrogen) atoms. The Hall–Kier alpha value is -2.95. The Morgan fingerprint density at radius 3 is 2.54 bits per heavy atom. The first kappa shape index (κ1) is 17.9. The van der Waals surface area contributed by atoms with Crippen LogP contribution in [0.3, 0.4) is 0 Å². The Kier molecular flexibility index (Phi) is 5.46. The third-order valence-electron chi connectivity index (χ3n) is 4.28. The van der Waals surface area contributed by atoms with E-state index in [2.05, 4.69) is 35.2 Å². The third-order valence-corrected chi connectivity index (χ3v) is 4.28. The number of carbonyl (C=O) groups excluding carboxylic acids is 1. The van der Waals surface area contributed by atoms with E-state index in [0.29, 0.717) is 13.1 Å². The fourth-order valence-electron chi connectivity index (χ4n) is 3.01. The minimum absolute atomic E-state index is 0.0309. The first-order chi connectivity index (χ1) is 12.5. The number of aryl methyl sites for hydroxylation is 3. The minimum Gasteiger partial charge on any atom is -0.331 e. The second-order valence-corrected chi connectivity index (χ2v) is 6.64. The molecule has 0 spiro atoms. The van der Waals surface area contributed by atoms with Crippen molar-refractivity contribution in [2.45, 2.75) is 40.4 Å². The van der Waals surface area contributed by atoms with Gasteiger partial charge in [0.15, 0.2) is 0 Å². The van der Waals surface area contributed by atoms with Crippen LogP contribution in [0, 0.1) is 20.8 Å². The van der Waals surface area contributed by atoms with Crippen LogP contribution < -0.4 is 0 Å². The summed E-state index contributed by atoms with van der Waals surface area (Å²) < 4.78 is 1.76. The van der Waals surface area contributed by atoms with Crippen LogP contribution in [-0.4, -0.2) is 25.6 Å². The van der Waals surface area contributed by atoms with Gasteiger partial charge in [0, 0.05) is 18.4 Å². The summed E-state index contributed by atoms with van der Waals surface area (Å²) in [5.41, 5.74) is 5.09. The molecule has 0 fully saturated rings. The van der Waals surface area contributed by atoms with Gasteiger partial charge in [-0.05, 0) is 44.5 Å². The van der Waals surface area contributed by atoms with E-state index in [9.17, 15) is 4.79 Å². The molecule has 134 valence electrons. The van der Waals surface area contributed by atoms with Crippen LogP contribution in [0.2, 0.25) is 0 Å². The van der Waals surface area contributed by atoms with Crippen molar-refractivity contribution < 1.29 is 4.79 Å². The molecule has 1 aromatic carbocycles. The maximum atomic E-state index is 13.0. The summed E-state index contributed by atoms with van der Waals surface area (Å²) in [6.45, 7) is 7.23. The Morgan fingerprint density at radius 1 is 1.04 bits per heavy atom. The number of benzene rings is 1. The number of hydrogen-bond donors (Lipinski definition) is 0. The molecule has 0 aliphatic rings. The zero-order valence-electron chi connectivity index (χ0n) is 15.5. The van der Waals surface area contributed by atoms with Gasteiger partial charge in [-0.15, -0.1) is 0 Å². The molecule has 2 heterocycles. The van der Waals surface area contributed by atoms with Crippen LogP contribution in [0.25, 0.3) is 0 Å². The molecule has 0 radical (unpaired) electrons. The molecular weight excluding hydrogens is 324 g/mol. The van der Waals surface area contributed by atoms with Crippen molar-refractivity contribution in [1.82, 2.24) is 19.7 Å². The number of rotatable bonds is 6.